The number of rotatable bonds is 6. The Hall–Kier alpha value is -3.26. The molecule has 2 aliphatic rings. The van der Waals surface area contributed by atoms with E-state index in [2.05, 4.69) is 0 Å². The first-order valence-corrected chi connectivity index (χ1v) is 10.2. The number of nitrogens with zero attached hydrogens (tertiary/aromatic N) is 2. The monoisotopic (exact) mass is 426 g/mol. The number of ether oxygens (including phenoxy) is 4. The molecule has 0 aromatic heterocycles. The average molecular weight is 426 g/mol. The molecule has 0 unspecified atom stereocenters. The molecule has 0 aliphatic carbocycles. The molecule has 2 amide bonds. The predicted molar refractivity (Wildman–Crippen MR) is 112 cm³/mol. The van der Waals surface area contributed by atoms with Crippen molar-refractivity contribution >= 4 is 12.0 Å². The maximum absolute atomic E-state index is 12.7. The third-order valence-electron chi connectivity index (χ3n) is 5.68. The normalized spacial score (nSPS) is 20.4. The Morgan fingerprint density at radius 3 is 2.65 bits per heavy atom. The van der Waals surface area contributed by atoms with E-state index in [1.165, 1.54) is 0 Å². The van der Waals surface area contributed by atoms with Gasteiger partial charge >= 0.3 is 6.09 Å². The molecule has 2 fully saturated rings. The summed E-state index contributed by atoms with van der Waals surface area (Å²) in [6.45, 7) is 1.32. The van der Waals surface area contributed by atoms with E-state index >= 15 is 0 Å². The van der Waals surface area contributed by atoms with Gasteiger partial charge in [-0.15, -0.1) is 0 Å². The summed E-state index contributed by atoms with van der Waals surface area (Å²) in [4.78, 5) is 28.6. The molecule has 4 rings (SSSR count). The van der Waals surface area contributed by atoms with Gasteiger partial charge in [0.25, 0.3) is 0 Å². The zero-order valence-electron chi connectivity index (χ0n) is 17.7. The van der Waals surface area contributed by atoms with Gasteiger partial charge in [0.15, 0.2) is 0 Å². The summed E-state index contributed by atoms with van der Waals surface area (Å²) in [5.41, 5.74) is 1.79. The Morgan fingerprint density at radius 1 is 1.10 bits per heavy atom. The van der Waals surface area contributed by atoms with Gasteiger partial charge in [0, 0.05) is 24.7 Å². The molecule has 8 nitrogen and oxygen atoms in total. The van der Waals surface area contributed by atoms with Crippen LogP contribution >= 0.6 is 0 Å². The second-order valence-electron chi connectivity index (χ2n) is 7.56. The largest absolute Gasteiger partial charge is 0.497 e. The van der Waals surface area contributed by atoms with E-state index in [0.29, 0.717) is 31.1 Å². The molecular formula is C23H26N2O6. The first kappa shape index (κ1) is 21.0. The van der Waals surface area contributed by atoms with E-state index < -0.39 is 6.09 Å². The van der Waals surface area contributed by atoms with E-state index in [0.717, 1.165) is 11.1 Å². The molecule has 2 aromatic carbocycles. The standard InChI is InChI=1S/C23H26N2O6/c1-28-18-9-8-17(20(10-18)29-2)11-25-19-12-24(13-21(19)30-15-22(25)26)23(27)31-14-16-6-4-3-5-7-16/h3-10,19,21H,11-15H2,1-2H3/t19-,21-/m1/s1. The minimum Gasteiger partial charge on any atom is -0.497 e. The number of hydrogen-bond donors (Lipinski definition) is 0. The molecule has 0 bridgehead atoms. The summed E-state index contributed by atoms with van der Waals surface area (Å²) < 4.78 is 21.9. The highest BCUT2D eigenvalue weighted by atomic mass is 16.6. The number of likely N-dealkylation sites (tertiary alicyclic amines) is 1. The van der Waals surface area contributed by atoms with Crippen molar-refractivity contribution in [2.75, 3.05) is 33.9 Å². The second-order valence-corrected chi connectivity index (χ2v) is 7.56. The van der Waals surface area contributed by atoms with Crippen molar-refractivity contribution < 1.29 is 28.5 Å². The minimum atomic E-state index is -0.406. The van der Waals surface area contributed by atoms with Crippen LogP contribution in [0.5, 0.6) is 11.5 Å². The van der Waals surface area contributed by atoms with Gasteiger partial charge in [-0.3, -0.25) is 4.79 Å². The van der Waals surface area contributed by atoms with Crippen molar-refractivity contribution in [3.63, 3.8) is 0 Å². The van der Waals surface area contributed by atoms with Gasteiger partial charge in [-0.2, -0.15) is 0 Å². The molecule has 0 spiro atoms. The molecule has 2 aromatic rings. The number of carbonyl (C=O) groups excluding carboxylic acids is 2. The van der Waals surface area contributed by atoms with Gasteiger partial charge in [0.05, 0.1) is 32.9 Å². The lowest BCUT2D eigenvalue weighted by atomic mass is 10.1. The number of benzene rings is 2. The Morgan fingerprint density at radius 2 is 1.90 bits per heavy atom. The van der Waals surface area contributed by atoms with Crippen LogP contribution < -0.4 is 9.47 Å². The van der Waals surface area contributed by atoms with Crippen LogP contribution in [0.2, 0.25) is 0 Å². The highest BCUT2D eigenvalue weighted by Gasteiger charge is 2.45. The fraction of sp³-hybridized carbons (Fsp3) is 0.391. The summed E-state index contributed by atoms with van der Waals surface area (Å²) in [6, 6.07) is 14.8. The van der Waals surface area contributed by atoms with Crippen LogP contribution in [0.4, 0.5) is 4.79 Å². The Balaban J connectivity index is 1.43. The summed E-state index contributed by atoms with van der Waals surface area (Å²) in [7, 11) is 3.18. The van der Waals surface area contributed by atoms with Crippen LogP contribution in [-0.4, -0.2) is 67.9 Å². The number of methoxy groups -OCH3 is 2. The second kappa shape index (κ2) is 9.26. The molecule has 2 heterocycles. The minimum absolute atomic E-state index is 0.00740. The van der Waals surface area contributed by atoms with Crippen LogP contribution in [0.15, 0.2) is 48.5 Å². The highest BCUT2D eigenvalue weighted by Crippen LogP contribution is 2.30. The van der Waals surface area contributed by atoms with Crippen LogP contribution in [0.25, 0.3) is 0 Å². The molecule has 0 saturated carbocycles. The van der Waals surface area contributed by atoms with E-state index in [1.54, 1.807) is 30.1 Å². The Labute approximate surface area is 181 Å². The van der Waals surface area contributed by atoms with Gasteiger partial charge in [0.1, 0.15) is 24.7 Å². The number of hydrogen-bond acceptors (Lipinski definition) is 6. The summed E-state index contributed by atoms with van der Waals surface area (Å²) in [5, 5.41) is 0. The first-order valence-electron chi connectivity index (χ1n) is 10.2. The van der Waals surface area contributed by atoms with Crippen LogP contribution in [0.1, 0.15) is 11.1 Å². The Kier molecular flexibility index (Phi) is 6.27. The summed E-state index contributed by atoms with van der Waals surface area (Å²) >= 11 is 0. The van der Waals surface area contributed by atoms with Gasteiger partial charge in [0.2, 0.25) is 5.91 Å². The van der Waals surface area contributed by atoms with Gasteiger partial charge < -0.3 is 28.7 Å². The SMILES string of the molecule is COc1ccc(CN2C(=O)CO[C@@H]3CN(C(=O)OCc4ccccc4)C[C@H]32)c(OC)c1. The van der Waals surface area contributed by atoms with Crippen molar-refractivity contribution in [3.05, 3.63) is 59.7 Å². The van der Waals surface area contributed by atoms with E-state index in [1.807, 2.05) is 42.5 Å². The molecule has 2 atom stereocenters. The summed E-state index contributed by atoms with van der Waals surface area (Å²) in [5.74, 6) is 1.21. The van der Waals surface area contributed by atoms with Gasteiger partial charge in [-0.25, -0.2) is 4.79 Å². The van der Waals surface area contributed by atoms with Crippen molar-refractivity contribution in [3.8, 4) is 11.5 Å². The van der Waals surface area contributed by atoms with E-state index in [-0.39, 0.29) is 31.3 Å². The molecular weight excluding hydrogens is 400 g/mol. The van der Waals surface area contributed by atoms with Crippen LogP contribution in [0.3, 0.4) is 0 Å². The first-order chi connectivity index (χ1) is 15.1. The van der Waals surface area contributed by atoms with Crippen molar-refractivity contribution in [1.82, 2.24) is 9.80 Å². The maximum Gasteiger partial charge on any atom is 0.410 e. The third-order valence-corrected chi connectivity index (χ3v) is 5.68. The molecule has 0 radical (unpaired) electrons. The number of fused-ring (bicyclic) bond motifs is 1. The quantitative estimate of drug-likeness (QED) is 0.706. The average Bonchev–Trinajstić information content (AvgIpc) is 3.25. The lowest BCUT2D eigenvalue weighted by Gasteiger charge is -2.36. The molecule has 31 heavy (non-hydrogen) atoms. The fourth-order valence-electron chi connectivity index (χ4n) is 4.00. The zero-order chi connectivity index (χ0) is 21.8. The highest BCUT2D eigenvalue weighted by molar-refractivity contribution is 5.79. The van der Waals surface area contributed by atoms with Crippen molar-refractivity contribution in [2.24, 2.45) is 0 Å². The molecule has 0 N–H and O–H groups in total. The van der Waals surface area contributed by atoms with Crippen LogP contribution in [-0.2, 0) is 27.4 Å². The van der Waals surface area contributed by atoms with E-state index in [4.69, 9.17) is 18.9 Å². The number of carbonyl (C=O) groups is 2. The van der Waals surface area contributed by atoms with Gasteiger partial charge in [-0.1, -0.05) is 30.3 Å². The molecule has 2 aliphatic heterocycles. The van der Waals surface area contributed by atoms with Gasteiger partial charge in [-0.05, 0) is 17.7 Å². The van der Waals surface area contributed by atoms with E-state index in [9.17, 15) is 9.59 Å². The zero-order valence-corrected chi connectivity index (χ0v) is 17.7. The lowest BCUT2D eigenvalue weighted by molar-refractivity contribution is -0.153. The predicted octanol–water partition coefficient (Wildman–Crippen LogP) is 2.45. The smallest absolute Gasteiger partial charge is 0.410 e. The molecule has 8 heteroatoms. The van der Waals surface area contributed by atoms with Crippen LogP contribution in [0, 0.1) is 0 Å². The number of morpholine rings is 1. The maximum atomic E-state index is 12.7. The third kappa shape index (κ3) is 4.59. The Bertz CT molecular complexity index is 935. The summed E-state index contributed by atoms with van der Waals surface area (Å²) in [6.07, 6.45) is -0.650. The molecule has 164 valence electrons. The van der Waals surface area contributed by atoms with Crippen molar-refractivity contribution in [1.29, 1.82) is 0 Å². The number of amides is 2. The fourth-order valence-corrected chi connectivity index (χ4v) is 4.00. The molecule has 2 saturated heterocycles. The lowest BCUT2D eigenvalue weighted by Crippen LogP contribution is -2.53. The van der Waals surface area contributed by atoms with Crippen molar-refractivity contribution in [2.45, 2.75) is 25.3 Å². The topological polar surface area (TPSA) is 77.5 Å².